The Kier molecular flexibility index (Phi) is 15.1. The minimum absolute atomic E-state index is 0. The summed E-state index contributed by atoms with van der Waals surface area (Å²) in [5.74, 6) is 0. The van der Waals surface area contributed by atoms with E-state index in [9.17, 15) is 0 Å². The molecule has 0 amide bonds. The summed E-state index contributed by atoms with van der Waals surface area (Å²) in [5.41, 5.74) is 0. The summed E-state index contributed by atoms with van der Waals surface area (Å²) < 4.78 is 0. The van der Waals surface area contributed by atoms with Crippen molar-refractivity contribution in [1.82, 2.24) is 5.32 Å². The molecule has 1 heterocycles. The van der Waals surface area contributed by atoms with E-state index >= 15 is 0 Å². The first-order valence-electron chi connectivity index (χ1n) is 4.16. The topological polar surface area (TPSA) is 12.0 Å². The zero-order valence-electron chi connectivity index (χ0n) is 7.88. The van der Waals surface area contributed by atoms with Crippen LogP contribution in [-0.4, -0.2) is 0 Å². The second-order valence-electron chi connectivity index (χ2n) is 2.27. The maximum Gasteiger partial charge on any atom is 0.000442 e. The minimum Gasteiger partial charge on any atom is -0.368 e. The van der Waals surface area contributed by atoms with Gasteiger partial charge < -0.3 is 5.32 Å². The molecule has 1 aliphatic heterocycles. The highest BCUT2D eigenvalue weighted by Gasteiger charge is 1.67. The summed E-state index contributed by atoms with van der Waals surface area (Å²) in [6, 6.07) is 0. The third-order valence-electron chi connectivity index (χ3n) is 1.22. The second-order valence-corrected chi connectivity index (χ2v) is 2.27. The molecule has 1 rings (SSSR count). The van der Waals surface area contributed by atoms with Crippen molar-refractivity contribution >= 4 is 13.5 Å². The number of hydrogen-bond donors (Lipinski definition) is 1. The van der Waals surface area contributed by atoms with E-state index in [0.29, 0.717) is 0 Å². The van der Waals surface area contributed by atoms with Crippen LogP contribution in [0.1, 0.15) is 26.7 Å². The van der Waals surface area contributed by atoms with E-state index in [-0.39, 0.29) is 13.5 Å². The average molecular weight is 185 g/mol. The molecule has 0 aromatic rings. The highest BCUT2D eigenvalue weighted by Crippen LogP contribution is 1.81. The molecule has 70 valence electrons. The van der Waals surface area contributed by atoms with Gasteiger partial charge >= 0.3 is 0 Å². The van der Waals surface area contributed by atoms with Gasteiger partial charge in [-0.25, -0.2) is 0 Å². The SMILES string of the molecule is C1=CC=CNC=C1.CCCC.S. The molecule has 0 bridgehead atoms. The molecule has 0 saturated heterocycles. The molecule has 1 nitrogen and oxygen atoms in total. The molecule has 0 aliphatic carbocycles. The maximum absolute atomic E-state index is 2.92. The lowest BCUT2D eigenvalue weighted by molar-refractivity contribution is 0.886. The van der Waals surface area contributed by atoms with Gasteiger partial charge in [-0.2, -0.15) is 13.5 Å². The van der Waals surface area contributed by atoms with E-state index in [1.165, 1.54) is 12.8 Å². The summed E-state index contributed by atoms with van der Waals surface area (Å²) in [6.45, 7) is 4.36. The molecule has 0 unspecified atom stereocenters. The van der Waals surface area contributed by atoms with Crippen LogP contribution in [0, 0.1) is 0 Å². The van der Waals surface area contributed by atoms with Crippen LogP contribution in [0.15, 0.2) is 36.7 Å². The van der Waals surface area contributed by atoms with E-state index in [1.54, 1.807) is 0 Å². The summed E-state index contributed by atoms with van der Waals surface area (Å²) >= 11 is 0. The van der Waals surface area contributed by atoms with Crippen molar-refractivity contribution in [3.05, 3.63) is 36.7 Å². The third kappa shape index (κ3) is 12.1. The fourth-order valence-electron chi connectivity index (χ4n) is 0.406. The third-order valence-corrected chi connectivity index (χ3v) is 1.22. The van der Waals surface area contributed by atoms with E-state index in [0.717, 1.165) is 0 Å². The van der Waals surface area contributed by atoms with Crippen LogP contribution >= 0.6 is 13.5 Å². The van der Waals surface area contributed by atoms with Gasteiger partial charge in [0.1, 0.15) is 0 Å². The molecule has 0 radical (unpaired) electrons. The quantitative estimate of drug-likeness (QED) is 0.662. The van der Waals surface area contributed by atoms with E-state index in [2.05, 4.69) is 19.2 Å². The Labute approximate surface area is 82.7 Å². The van der Waals surface area contributed by atoms with Gasteiger partial charge in [-0.05, 0) is 12.2 Å². The molecule has 0 spiro atoms. The molecule has 2 heteroatoms. The molecular weight excluding hydrogens is 166 g/mol. The van der Waals surface area contributed by atoms with Gasteiger partial charge in [0.05, 0.1) is 0 Å². The molecular formula is C10H19NS. The van der Waals surface area contributed by atoms with Gasteiger partial charge in [-0.3, -0.25) is 0 Å². The number of nitrogens with one attached hydrogen (secondary N) is 1. The predicted molar refractivity (Wildman–Crippen MR) is 61.5 cm³/mol. The lowest BCUT2D eigenvalue weighted by Crippen LogP contribution is -1.87. The second kappa shape index (κ2) is 13.0. The number of hydrogen-bond acceptors (Lipinski definition) is 1. The van der Waals surface area contributed by atoms with Crippen LogP contribution in [0.25, 0.3) is 0 Å². The van der Waals surface area contributed by atoms with Crippen molar-refractivity contribution in [2.75, 3.05) is 0 Å². The lowest BCUT2D eigenvalue weighted by Gasteiger charge is -1.79. The highest BCUT2D eigenvalue weighted by atomic mass is 32.1. The number of allylic oxidation sites excluding steroid dienone is 4. The Bertz CT molecular complexity index is 132. The summed E-state index contributed by atoms with van der Waals surface area (Å²) in [4.78, 5) is 0. The van der Waals surface area contributed by atoms with Gasteiger partial charge in [0, 0.05) is 12.4 Å². The van der Waals surface area contributed by atoms with Crippen molar-refractivity contribution < 1.29 is 0 Å². The standard InChI is InChI=1S/C6H7N.C4H10.H2S/c1-2-4-6-7-5-3-1;1-3-4-2;/h1-7H;3-4H2,1-2H3;1H2. The van der Waals surface area contributed by atoms with Crippen molar-refractivity contribution in [2.45, 2.75) is 26.7 Å². The molecule has 0 fully saturated rings. The van der Waals surface area contributed by atoms with Crippen LogP contribution in [0.2, 0.25) is 0 Å². The molecule has 0 saturated carbocycles. The molecule has 0 aromatic heterocycles. The Morgan fingerprint density at radius 3 is 1.58 bits per heavy atom. The monoisotopic (exact) mass is 185 g/mol. The number of rotatable bonds is 1. The van der Waals surface area contributed by atoms with E-state index in [4.69, 9.17) is 0 Å². The van der Waals surface area contributed by atoms with Crippen molar-refractivity contribution in [1.29, 1.82) is 0 Å². The fraction of sp³-hybridized carbons (Fsp3) is 0.400. The molecule has 1 N–H and O–H groups in total. The lowest BCUT2D eigenvalue weighted by atomic mass is 10.4. The summed E-state index contributed by atoms with van der Waals surface area (Å²) in [7, 11) is 0. The summed E-state index contributed by atoms with van der Waals surface area (Å²) in [6.07, 6.45) is 14.2. The Balaban J connectivity index is 0. The molecule has 1 aliphatic rings. The van der Waals surface area contributed by atoms with Crippen molar-refractivity contribution in [2.24, 2.45) is 0 Å². The van der Waals surface area contributed by atoms with E-state index in [1.807, 2.05) is 36.7 Å². The first-order valence-corrected chi connectivity index (χ1v) is 4.16. The van der Waals surface area contributed by atoms with Gasteiger partial charge in [-0.1, -0.05) is 38.8 Å². The molecule has 12 heavy (non-hydrogen) atoms. The maximum atomic E-state index is 2.92. The minimum atomic E-state index is 0. The van der Waals surface area contributed by atoms with Crippen molar-refractivity contribution in [3.8, 4) is 0 Å². The van der Waals surface area contributed by atoms with E-state index < -0.39 is 0 Å². The highest BCUT2D eigenvalue weighted by molar-refractivity contribution is 7.59. The zero-order valence-corrected chi connectivity index (χ0v) is 8.88. The van der Waals surface area contributed by atoms with Crippen LogP contribution in [0.5, 0.6) is 0 Å². The fourth-order valence-corrected chi connectivity index (χ4v) is 0.406. The van der Waals surface area contributed by atoms with Gasteiger partial charge in [0.15, 0.2) is 0 Å². The van der Waals surface area contributed by atoms with Gasteiger partial charge in [-0.15, -0.1) is 0 Å². The smallest absolute Gasteiger partial charge is 0.000442 e. The molecule has 0 atom stereocenters. The van der Waals surface area contributed by atoms with Crippen molar-refractivity contribution in [3.63, 3.8) is 0 Å². The van der Waals surface area contributed by atoms with Crippen LogP contribution < -0.4 is 5.32 Å². The average Bonchev–Trinajstić information content (AvgIpc) is 2.35. The van der Waals surface area contributed by atoms with Gasteiger partial charge in [0.25, 0.3) is 0 Å². The Morgan fingerprint density at radius 1 is 0.833 bits per heavy atom. The first kappa shape index (κ1) is 13.9. The predicted octanol–water partition coefficient (Wildman–Crippen LogP) is 3.09. The van der Waals surface area contributed by atoms with Crippen LogP contribution in [-0.2, 0) is 0 Å². The normalized spacial score (nSPS) is 11.8. The first-order chi connectivity index (χ1) is 5.41. The summed E-state index contributed by atoms with van der Waals surface area (Å²) in [5, 5.41) is 2.92. The number of unbranched alkanes of at least 4 members (excludes halogenated alkanes) is 1. The Hall–Kier alpha value is -0.630. The van der Waals surface area contributed by atoms with Crippen LogP contribution in [0.4, 0.5) is 0 Å². The Morgan fingerprint density at radius 2 is 1.25 bits per heavy atom. The molecule has 0 aromatic carbocycles. The zero-order chi connectivity index (χ0) is 8.36. The largest absolute Gasteiger partial charge is 0.368 e. The van der Waals surface area contributed by atoms with Crippen LogP contribution in [0.3, 0.4) is 0 Å². The van der Waals surface area contributed by atoms with Gasteiger partial charge in [0.2, 0.25) is 0 Å².